The number of ether oxygens (including phenoxy) is 1. The van der Waals surface area contributed by atoms with Crippen molar-refractivity contribution in [3.8, 4) is 5.75 Å². The molecular weight excluding hydrogens is 432 g/mol. The van der Waals surface area contributed by atoms with Crippen molar-refractivity contribution >= 4 is 31.9 Å². The van der Waals surface area contributed by atoms with Gasteiger partial charge in [-0.25, -0.2) is 13.1 Å². The molecule has 2 aromatic rings. The third-order valence-corrected chi connectivity index (χ3v) is 5.79. The summed E-state index contributed by atoms with van der Waals surface area (Å²) in [5, 5.41) is 2.86. The summed E-state index contributed by atoms with van der Waals surface area (Å²) in [6.07, 6.45) is 0. The molecule has 1 amide bonds. The Morgan fingerprint density at radius 3 is 2.37 bits per heavy atom. The zero-order valence-corrected chi connectivity index (χ0v) is 17.8. The SMILES string of the molecule is CC(C)NS(=O)(=O)c1ccc(OCC(=O)N[C@@H](C)c2cccc(Br)c2)cc1. The Morgan fingerprint density at radius 1 is 1.11 bits per heavy atom. The van der Waals surface area contributed by atoms with Gasteiger partial charge in [0.25, 0.3) is 5.91 Å². The standard InChI is InChI=1S/C19H23BrN2O4S/c1-13(2)22-27(24,25)18-9-7-17(8-10-18)26-12-19(23)21-14(3)15-5-4-6-16(20)11-15/h4-11,13-14,22H,12H2,1-3H3,(H,21,23)/t14-/m0/s1. The zero-order chi connectivity index (χ0) is 20.0. The van der Waals surface area contributed by atoms with Crippen LogP contribution in [0.25, 0.3) is 0 Å². The van der Waals surface area contributed by atoms with Gasteiger partial charge in [-0.1, -0.05) is 28.1 Å². The van der Waals surface area contributed by atoms with Crippen molar-refractivity contribution in [1.29, 1.82) is 0 Å². The number of benzene rings is 2. The molecular formula is C19H23BrN2O4S. The Kier molecular flexibility index (Phi) is 7.41. The Hall–Kier alpha value is -1.90. The van der Waals surface area contributed by atoms with E-state index in [1.54, 1.807) is 13.8 Å². The summed E-state index contributed by atoms with van der Waals surface area (Å²) in [6, 6.07) is 13.3. The fourth-order valence-electron chi connectivity index (χ4n) is 2.38. The van der Waals surface area contributed by atoms with Gasteiger partial charge in [0.15, 0.2) is 6.61 Å². The Morgan fingerprint density at radius 2 is 1.78 bits per heavy atom. The average molecular weight is 455 g/mol. The largest absolute Gasteiger partial charge is 0.484 e. The number of halogens is 1. The van der Waals surface area contributed by atoms with Gasteiger partial charge in [-0.15, -0.1) is 0 Å². The molecule has 1 atom stereocenters. The van der Waals surface area contributed by atoms with Crippen LogP contribution in [-0.4, -0.2) is 27.0 Å². The van der Waals surface area contributed by atoms with E-state index >= 15 is 0 Å². The van der Waals surface area contributed by atoms with Crippen LogP contribution in [0.3, 0.4) is 0 Å². The van der Waals surface area contributed by atoms with Crippen molar-refractivity contribution < 1.29 is 17.9 Å². The van der Waals surface area contributed by atoms with Crippen molar-refractivity contribution in [3.63, 3.8) is 0 Å². The number of hydrogen-bond donors (Lipinski definition) is 2. The summed E-state index contributed by atoms with van der Waals surface area (Å²) in [5.41, 5.74) is 0.977. The highest BCUT2D eigenvalue weighted by atomic mass is 79.9. The maximum atomic E-state index is 12.1. The lowest BCUT2D eigenvalue weighted by Crippen LogP contribution is -2.31. The molecule has 0 aliphatic heterocycles. The fourth-order valence-corrected chi connectivity index (χ4v) is 4.05. The highest BCUT2D eigenvalue weighted by Crippen LogP contribution is 2.18. The van der Waals surface area contributed by atoms with E-state index in [-0.39, 0.29) is 29.5 Å². The van der Waals surface area contributed by atoms with Crippen molar-refractivity contribution in [2.45, 2.75) is 37.8 Å². The monoisotopic (exact) mass is 454 g/mol. The lowest BCUT2D eigenvalue weighted by molar-refractivity contribution is -0.123. The molecule has 2 N–H and O–H groups in total. The first kappa shape index (κ1) is 21.4. The summed E-state index contributed by atoms with van der Waals surface area (Å²) >= 11 is 3.41. The number of hydrogen-bond acceptors (Lipinski definition) is 4. The molecule has 6 nitrogen and oxygen atoms in total. The first-order chi connectivity index (χ1) is 12.7. The second-order valence-electron chi connectivity index (χ2n) is 6.38. The first-order valence-corrected chi connectivity index (χ1v) is 10.7. The van der Waals surface area contributed by atoms with Gasteiger partial charge in [-0.3, -0.25) is 4.79 Å². The summed E-state index contributed by atoms with van der Waals surface area (Å²) in [7, 11) is -3.55. The van der Waals surface area contributed by atoms with Crippen LogP contribution in [0.4, 0.5) is 0 Å². The molecule has 0 radical (unpaired) electrons. The van der Waals surface area contributed by atoms with E-state index in [0.717, 1.165) is 10.0 Å². The van der Waals surface area contributed by atoms with Crippen molar-refractivity contribution in [3.05, 3.63) is 58.6 Å². The summed E-state index contributed by atoms with van der Waals surface area (Å²) in [4.78, 5) is 12.2. The lowest BCUT2D eigenvalue weighted by atomic mass is 10.1. The third-order valence-electron chi connectivity index (χ3n) is 3.62. The predicted molar refractivity (Wildman–Crippen MR) is 108 cm³/mol. The molecule has 0 saturated carbocycles. The number of rotatable bonds is 8. The Labute approximate surface area is 168 Å². The van der Waals surface area contributed by atoms with Crippen LogP contribution < -0.4 is 14.8 Å². The van der Waals surface area contributed by atoms with Gasteiger partial charge in [0, 0.05) is 10.5 Å². The Bertz CT molecular complexity index is 883. The first-order valence-electron chi connectivity index (χ1n) is 8.47. The molecule has 0 aliphatic carbocycles. The van der Waals surface area contributed by atoms with E-state index in [4.69, 9.17) is 4.74 Å². The van der Waals surface area contributed by atoms with Crippen LogP contribution in [0.2, 0.25) is 0 Å². The maximum absolute atomic E-state index is 12.1. The van der Waals surface area contributed by atoms with Crippen molar-refractivity contribution in [2.24, 2.45) is 0 Å². The molecule has 2 aromatic carbocycles. The van der Waals surface area contributed by atoms with Gasteiger partial charge in [0.2, 0.25) is 10.0 Å². The number of carbonyl (C=O) groups is 1. The summed E-state index contributed by atoms with van der Waals surface area (Å²) < 4.78 is 33.1. The predicted octanol–water partition coefficient (Wildman–Crippen LogP) is 3.39. The van der Waals surface area contributed by atoms with E-state index in [1.807, 2.05) is 31.2 Å². The zero-order valence-electron chi connectivity index (χ0n) is 15.4. The van der Waals surface area contributed by atoms with Gasteiger partial charge >= 0.3 is 0 Å². The normalized spacial score (nSPS) is 12.6. The molecule has 0 aromatic heterocycles. The molecule has 0 saturated heterocycles. The van der Waals surface area contributed by atoms with Gasteiger partial charge < -0.3 is 10.1 Å². The Balaban J connectivity index is 1.90. The minimum atomic E-state index is -3.55. The van der Waals surface area contributed by atoms with E-state index in [1.165, 1.54) is 24.3 Å². The lowest BCUT2D eigenvalue weighted by Gasteiger charge is -2.15. The second kappa shape index (κ2) is 9.34. The van der Waals surface area contributed by atoms with E-state index in [2.05, 4.69) is 26.0 Å². The number of nitrogens with one attached hydrogen (secondary N) is 2. The minimum absolute atomic E-state index is 0.149. The number of carbonyl (C=O) groups excluding carboxylic acids is 1. The third kappa shape index (κ3) is 6.64. The second-order valence-corrected chi connectivity index (χ2v) is 9.01. The molecule has 0 fully saturated rings. The molecule has 2 rings (SSSR count). The van der Waals surface area contributed by atoms with Gasteiger partial charge in [0.05, 0.1) is 10.9 Å². The van der Waals surface area contributed by atoms with Crippen LogP contribution in [0, 0.1) is 0 Å². The smallest absolute Gasteiger partial charge is 0.258 e. The van der Waals surface area contributed by atoms with Crippen LogP contribution in [0.15, 0.2) is 57.9 Å². The van der Waals surface area contributed by atoms with Crippen LogP contribution in [0.5, 0.6) is 5.75 Å². The highest BCUT2D eigenvalue weighted by molar-refractivity contribution is 9.10. The van der Waals surface area contributed by atoms with Crippen LogP contribution >= 0.6 is 15.9 Å². The topological polar surface area (TPSA) is 84.5 Å². The van der Waals surface area contributed by atoms with Crippen molar-refractivity contribution in [1.82, 2.24) is 10.0 Å². The average Bonchev–Trinajstić information content (AvgIpc) is 2.59. The number of amides is 1. The van der Waals surface area contributed by atoms with E-state index in [0.29, 0.717) is 5.75 Å². The molecule has 0 unspecified atom stereocenters. The van der Waals surface area contributed by atoms with E-state index in [9.17, 15) is 13.2 Å². The van der Waals surface area contributed by atoms with Crippen LogP contribution in [0.1, 0.15) is 32.4 Å². The van der Waals surface area contributed by atoms with Gasteiger partial charge in [0.1, 0.15) is 5.75 Å². The minimum Gasteiger partial charge on any atom is -0.484 e. The maximum Gasteiger partial charge on any atom is 0.258 e. The summed E-state index contributed by atoms with van der Waals surface area (Å²) in [6.45, 7) is 5.24. The molecule has 0 heterocycles. The molecule has 27 heavy (non-hydrogen) atoms. The molecule has 146 valence electrons. The molecule has 0 aliphatic rings. The summed E-state index contributed by atoms with van der Waals surface area (Å²) in [5.74, 6) is 0.157. The molecule has 8 heteroatoms. The van der Waals surface area contributed by atoms with Crippen LogP contribution in [-0.2, 0) is 14.8 Å². The molecule has 0 spiro atoms. The quantitative estimate of drug-likeness (QED) is 0.639. The highest BCUT2D eigenvalue weighted by Gasteiger charge is 2.15. The number of sulfonamides is 1. The fraction of sp³-hybridized carbons (Fsp3) is 0.316. The van der Waals surface area contributed by atoms with Gasteiger partial charge in [-0.2, -0.15) is 0 Å². The van der Waals surface area contributed by atoms with Gasteiger partial charge in [-0.05, 0) is 62.7 Å². The van der Waals surface area contributed by atoms with E-state index < -0.39 is 10.0 Å². The molecule has 0 bridgehead atoms. The van der Waals surface area contributed by atoms with Crippen molar-refractivity contribution in [2.75, 3.05) is 6.61 Å².